The Morgan fingerprint density at radius 1 is 0.950 bits per heavy atom. The molecule has 20 heavy (non-hydrogen) atoms. The van der Waals surface area contributed by atoms with Crippen molar-refractivity contribution in [2.24, 2.45) is 17.8 Å². The molecule has 2 heteroatoms. The van der Waals surface area contributed by atoms with E-state index in [-0.39, 0.29) is 12.2 Å². The van der Waals surface area contributed by atoms with Crippen molar-refractivity contribution in [1.29, 1.82) is 0 Å². The second-order valence-corrected chi connectivity index (χ2v) is 7.01. The zero-order chi connectivity index (χ0) is 14.4. The van der Waals surface area contributed by atoms with Crippen molar-refractivity contribution >= 4 is 0 Å². The van der Waals surface area contributed by atoms with E-state index in [1.807, 2.05) is 0 Å². The topological polar surface area (TPSA) is 29.5 Å². The molecule has 1 N–H and O–H groups in total. The standard InChI is InChI=1S/C18H34O2/c1-3-14-9-8-12-16(13-14)17(19)18(20-4-2)15-10-6-5-7-11-15/h14-19H,3-13H2,1-2H3. The summed E-state index contributed by atoms with van der Waals surface area (Å²) >= 11 is 0. The highest BCUT2D eigenvalue weighted by atomic mass is 16.5. The molecule has 0 bridgehead atoms. The van der Waals surface area contributed by atoms with E-state index in [1.165, 1.54) is 64.2 Å². The van der Waals surface area contributed by atoms with Gasteiger partial charge in [-0.2, -0.15) is 0 Å². The molecule has 2 aliphatic rings. The summed E-state index contributed by atoms with van der Waals surface area (Å²) in [5.41, 5.74) is 0. The summed E-state index contributed by atoms with van der Waals surface area (Å²) in [4.78, 5) is 0. The fourth-order valence-electron chi connectivity index (χ4n) is 4.45. The van der Waals surface area contributed by atoms with Gasteiger partial charge < -0.3 is 9.84 Å². The summed E-state index contributed by atoms with van der Waals surface area (Å²) in [6.45, 7) is 5.10. The van der Waals surface area contributed by atoms with Gasteiger partial charge in [0.2, 0.25) is 0 Å². The molecule has 4 unspecified atom stereocenters. The quantitative estimate of drug-likeness (QED) is 0.774. The van der Waals surface area contributed by atoms with Gasteiger partial charge >= 0.3 is 0 Å². The molecule has 0 spiro atoms. The van der Waals surface area contributed by atoms with E-state index < -0.39 is 0 Å². The Bertz CT molecular complexity index is 260. The molecule has 2 saturated carbocycles. The SMILES string of the molecule is CCOC(C1CCCCC1)C(O)C1CCCC(CC)C1. The van der Waals surface area contributed by atoms with Crippen LogP contribution in [0.25, 0.3) is 0 Å². The molecule has 2 fully saturated rings. The minimum absolute atomic E-state index is 0.0981. The average molecular weight is 282 g/mol. The van der Waals surface area contributed by atoms with Gasteiger partial charge in [-0.25, -0.2) is 0 Å². The predicted octanol–water partition coefficient (Wildman–Crippen LogP) is 4.55. The van der Waals surface area contributed by atoms with Gasteiger partial charge in [0.05, 0.1) is 12.2 Å². The molecule has 2 rings (SSSR count). The van der Waals surface area contributed by atoms with E-state index in [4.69, 9.17) is 4.74 Å². The van der Waals surface area contributed by atoms with Crippen LogP contribution in [0.2, 0.25) is 0 Å². The summed E-state index contributed by atoms with van der Waals surface area (Å²) in [5, 5.41) is 10.9. The van der Waals surface area contributed by atoms with Crippen LogP contribution in [0.3, 0.4) is 0 Å². The first-order chi connectivity index (χ1) is 9.76. The zero-order valence-corrected chi connectivity index (χ0v) is 13.5. The third kappa shape index (κ3) is 4.21. The van der Waals surface area contributed by atoms with Crippen LogP contribution in [0.4, 0.5) is 0 Å². The Labute approximate surface area is 125 Å². The second-order valence-electron chi connectivity index (χ2n) is 7.01. The molecular weight excluding hydrogens is 248 g/mol. The second kappa shape index (κ2) is 8.38. The summed E-state index contributed by atoms with van der Waals surface area (Å²) in [6, 6.07) is 0. The lowest BCUT2D eigenvalue weighted by Gasteiger charge is -2.39. The molecule has 0 aromatic heterocycles. The molecule has 0 heterocycles. The van der Waals surface area contributed by atoms with Crippen LogP contribution in [0.5, 0.6) is 0 Å². The van der Waals surface area contributed by atoms with E-state index in [1.54, 1.807) is 0 Å². The Hall–Kier alpha value is -0.0800. The number of hydrogen-bond donors (Lipinski definition) is 1. The first kappa shape index (κ1) is 16.3. The first-order valence-electron chi connectivity index (χ1n) is 9.05. The highest BCUT2D eigenvalue weighted by Gasteiger charge is 2.36. The van der Waals surface area contributed by atoms with Crippen molar-refractivity contribution < 1.29 is 9.84 Å². The maximum Gasteiger partial charge on any atom is 0.0864 e. The summed E-state index contributed by atoms with van der Waals surface area (Å²) in [6.07, 6.45) is 12.7. The molecular formula is C18H34O2. The lowest BCUT2D eigenvalue weighted by atomic mass is 9.73. The van der Waals surface area contributed by atoms with Crippen LogP contribution >= 0.6 is 0 Å². The molecule has 0 aromatic carbocycles. The molecule has 0 aromatic rings. The van der Waals surface area contributed by atoms with E-state index in [0.717, 1.165) is 12.5 Å². The van der Waals surface area contributed by atoms with Crippen molar-refractivity contribution in [1.82, 2.24) is 0 Å². The zero-order valence-electron chi connectivity index (χ0n) is 13.5. The lowest BCUT2D eigenvalue weighted by molar-refractivity contribution is -0.101. The summed E-state index contributed by atoms with van der Waals surface area (Å²) in [5.74, 6) is 1.91. The summed E-state index contributed by atoms with van der Waals surface area (Å²) in [7, 11) is 0. The van der Waals surface area contributed by atoms with Crippen LogP contribution in [0.15, 0.2) is 0 Å². The van der Waals surface area contributed by atoms with Gasteiger partial charge in [0.1, 0.15) is 0 Å². The molecule has 4 atom stereocenters. The largest absolute Gasteiger partial charge is 0.390 e. The minimum atomic E-state index is -0.229. The third-order valence-corrected chi connectivity index (χ3v) is 5.69. The van der Waals surface area contributed by atoms with Crippen molar-refractivity contribution in [2.45, 2.75) is 90.3 Å². The van der Waals surface area contributed by atoms with E-state index in [2.05, 4.69) is 13.8 Å². The number of aliphatic hydroxyl groups is 1. The van der Waals surface area contributed by atoms with Crippen molar-refractivity contribution in [2.75, 3.05) is 6.61 Å². The Morgan fingerprint density at radius 2 is 1.65 bits per heavy atom. The number of hydrogen-bond acceptors (Lipinski definition) is 2. The minimum Gasteiger partial charge on any atom is -0.390 e. The monoisotopic (exact) mass is 282 g/mol. The number of ether oxygens (including phenoxy) is 1. The highest BCUT2D eigenvalue weighted by molar-refractivity contribution is 4.87. The Kier molecular flexibility index (Phi) is 6.83. The van der Waals surface area contributed by atoms with Gasteiger partial charge in [0.15, 0.2) is 0 Å². The Balaban J connectivity index is 1.95. The molecule has 2 nitrogen and oxygen atoms in total. The third-order valence-electron chi connectivity index (χ3n) is 5.69. The smallest absolute Gasteiger partial charge is 0.0864 e. The van der Waals surface area contributed by atoms with Crippen LogP contribution in [0, 0.1) is 17.8 Å². The Morgan fingerprint density at radius 3 is 2.30 bits per heavy atom. The fourth-order valence-corrected chi connectivity index (χ4v) is 4.45. The van der Waals surface area contributed by atoms with E-state index in [9.17, 15) is 5.11 Å². The van der Waals surface area contributed by atoms with Crippen molar-refractivity contribution in [3.05, 3.63) is 0 Å². The number of rotatable bonds is 6. The molecule has 118 valence electrons. The highest BCUT2D eigenvalue weighted by Crippen LogP contribution is 2.38. The molecule has 2 aliphatic carbocycles. The maximum absolute atomic E-state index is 10.9. The first-order valence-corrected chi connectivity index (χ1v) is 9.05. The molecule has 0 amide bonds. The molecule has 0 aliphatic heterocycles. The van der Waals surface area contributed by atoms with Gasteiger partial charge in [-0.05, 0) is 50.4 Å². The van der Waals surface area contributed by atoms with E-state index in [0.29, 0.717) is 11.8 Å². The molecule has 0 radical (unpaired) electrons. The average Bonchev–Trinajstić information content (AvgIpc) is 2.53. The predicted molar refractivity (Wildman–Crippen MR) is 83.7 cm³/mol. The van der Waals surface area contributed by atoms with Crippen molar-refractivity contribution in [3.63, 3.8) is 0 Å². The fraction of sp³-hybridized carbons (Fsp3) is 1.00. The van der Waals surface area contributed by atoms with Gasteiger partial charge in [0.25, 0.3) is 0 Å². The lowest BCUT2D eigenvalue weighted by Crippen LogP contribution is -2.43. The number of aliphatic hydroxyl groups excluding tert-OH is 1. The van der Waals surface area contributed by atoms with Gasteiger partial charge in [-0.3, -0.25) is 0 Å². The van der Waals surface area contributed by atoms with Crippen molar-refractivity contribution in [3.8, 4) is 0 Å². The van der Waals surface area contributed by atoms with E-state index >= 15 is 0 Å². The van der Waals surface area contributed by atoms with Gasteiger partial charge in [-0.1, -0.05) is 45.4 Å². The van der Waals surface area contributed by atoms with Gasteiger partial charge in [0, 0.05) is 6.61 Å². The van der Waals surface area contributed by atoms with Crippen LogP contribution < -0.4 is 0 Å². The van der Waals surface area contributed by atoms with Gasteiger partial charge in [-0.15, -0.1) is 0 Å². The molecule has 0 saturated heterocycles. The van der Waals surface area contributed by atoms with Crippen LogP contribution in [-0.2, 0) is 4.74 Å². The van der Waals surface area contributed by atoms with Crippen LogP contribution in [0.1, 0.15) is 78.1 Å². The van der Waals surface area contributed by atoms with Crippen LogP contribution in [-0.4, -0.2) is 23.9 Å². The normalized spacial score (nSPS) is 31.9. The summed E-state index contributed by atoms with van der Waals surface area (Å²) < 4.78 is 6.02. The maximum atomic E-state index is 10.9.